The number of benzene rings is 2. The molecule has 0 saturated carbocycles. The Hall–Kier alpha value is -1.65. The van der Waals surface area contributed by atoms with Gasteiger partial charge in [0, 0.05) is 16.9 Å². The van der Waals surface area contributed by atoms with Gasteiger partial charge in [0.1, 0.15) is 0 Å². The topological polar surface area (TPSA) is 32.3 Å². The van der Waals surface area contributed by atoms with Crippen molar-refractivity contribution in [3.8, 4) is 0 Å². The largest absolute Gasteiger partial charge is 0.349 e. The second kappa shape index (κ2) is 8.57. The quantitative estimate of drug-likeness (QED) is 0.756. The minimum Gasteiger partial charge on any atom is -0.349 e. The molecule has 27 heavy (non-hydrogen) atoms. The second-order valence-corrected chi connectivity index (χ2v) is 8.74. The van der Waals surface area contributed by atoms with Crippen molar-refractivity contribution in [1.82, 2.24) is 10.2 Å². The number of amides is 1. The monoisotopic (exact) mass is 426 g/mol. The van der Waals surface area contributed by atoms with Crippen LogP contribution < -0.4 is 5.32 Å². The van der Waals surface area contributed by atoms with Gasteiger partial charge in [0.05, 0.1) is 6.04 Å². The molecular formula is C23H27BrN2O. The first kappa shape index (κ1) is 18.7. The van der Waals surface area contributed by atoms with E-state index in [1.165, 1.54) is 16.7 Å². The minimum atomic E-state index is 0.153. The van der Waals surface area contributed by atoms with Crippen molar-refractivity contribution in [2.75, 3.05) is 13.1 Å². The molecule has 2 aromatic carbocycles. The Balaban J connectivity index is 1.30. The van der Waals surface area contributed by atoms with Crippen molar-refractivity contribution >= 4 is 21.8 Å². The summed E-state index contributed by atoms with van der Waals surface area (Å²) in [6.45, 7) is 2.96. The number of aryl methyl sites for hydroxylation is 1. The highest BCUT2D eigenvalue weighted by atomic mass is 79.9. The van der Waals surface area contributed by atoms with Crippen LogP contribution in [0.3, 0.4) is 0 Å². The standard InChI is InChI=1S/C23H27BrN2O/c24-20-10-8-17(9-11-20)16-26-14-12-19(13-15-26)23(27)25-22-7-3-5-18-4-1-2-6-21(18)22/h1-2,4,6,8-11,19,22H,3,5,7,12-16H2,(H,25,27)/t22-/m0/s1. The van der Waals surface area contributed by atoms with Crippen LogP contribution in [0, 0.1) is 5.92 Å². The van der Waals surface area contributed by atoms with Crippen molar-refractivity contribution in [2.24, 2.45) is 5.92 Å². The van der Waals surface area contributed by atoms with Crippen LogP contribution >= 0.6 is 15.9 Å². The molecule has 2 aliphatic rings. The number of rotatable bonds is 4. The zero-order valence-corrected chi connectivity index (χ0v) is 17.2. The molecule has 1 N–H and O–H groups in total. The van der Waals surface area contributed by atoms with Gasteiger partial charge in [-0.25, -0.2) is 0 Å². The third-order valence-corrected chi connectivity index (χ3v) is 6.49. The number of halogens is 1. The maximum Gasteiger partial charge on any atom is 0.223 e. The molecule has 0 spiro atoms. The molecule has 1 saturated heterocycles. The predicted octanol–water partition coefficient (Wildman–Crippen LogP) is 4.85. The van der Waals surface area contributed by atoms with Crippen molar-refractivity contribution in [1.29, 1.82) is 0 Å². The van der Waals surface area contributed by atoms with Crippen LogP contribution in [0.4, 0.5) is 0 Å². The van der Waals surface area contributed by atoms with Gasteiger partial charge < -0.3 is 5.32 Å². The first-order chi connectivity index (χ1) is 13.2. The predicted molar refractivity (Wildman–Crippen MR) is 112 cm³/mol. The number of fused-ring (bicyclic) bond motifs is 1. The highest BCUT2D eigenvalue weighted by molar-refractivity contribution is 9.10. The van der Waals surface area contributed by atoms with E-state index in [9.17, 15) is 4.79 Å². The molecule has 4 rings (SSSR count). The summed E-state index contributed by atoms with van der Waals surface area (Å²) in [5.41, 5.74) is 4.06. The summed E-state index contributed by atoms with van der Waals surface area (Å²) < 4.78 is 1.12. The Bertz CT molecular complexity index is 781. The van der Waals surface area contributed by atoms with Crippen LogP contribution in [0.2, 0.25) is 0 Å². The highest BCUT2D eigenvalue weighted by Gasteiger charge is 2.28. The summed E-state index contributed by atoms with van der Waals surface area (Å²) in [6, 6.07) is 17.3. The van der Waals surface area contributed by atoms with E-state index >= 15 is 0 Å². The number of piperidine rings is 1. The molecule has 4 heteroatoms. The fourth-order valence-corrected chi connectivity index (χ4v) is 4.66. The number of hydrogen-bond donors (Lipinski definition) is 1. The third kappa shape index (κ3) is 4.61. The Morgan fingerprint density at radius 1 is 1.04 bits per heavy atom. The van der Waals surface area contributed by atoms with Gasteiger partial charge in [0.15, 0.2) is 0 Å². The number of carbonyl (C=O) groups is 1. The van der Waals surface area contributed by atoms with Crippen molar-refractivity contribution < 1.29 is 4.79 Å². The zero-order valence-electron chi connectivity index (χ0n) is 15.7. The Morgan fingerprint density at radius 2 is 1.78 bits per heavy atom. The number of nitrogens with one attached hydrogen (secondary N) is 1. The van der Waals surface area contributed by atoms with Crippen LogP contribution in [0.15, 0.2) is 53.0 Å². The van der Waals surface area contributed by atoms with E-state index in [0.29, 0.717) is 0 Å². The van der Waals surface area contributed by atoms with Gasteiger partial charge in [-0.15, -0.1) is 0 Å². The molecule has 1 atom stereocenters. The van der Waals surface area contributed by atoms with Gasteiger partial charge in [-0.3, -0.25) is 9.69 Å². The molecule has 3 nitrogen and oxygen atoms in total. The van der Waals surface area contributed by atoms with Crippen LogP contribution in [0.1, 0.15) is 48.4 Å². The summed E-state index contributed by atoms with van der Waals surface area (Å²) >= 11 is 3.49. The molecule has 0 radical (unpaired) electrons. The summed E-state index contributed by atoms with van der Waals surface area (Å²) in [6.07, 6.45) is 5.27. The first-order valence-electron chi connectivity index (χ1n) is 10.0. The molecule has 0 bridgehead atoms. The fraction of sp³-hybridized carbons (Fsp3) is 0.435. The Morgan fingerprint density at radius 3 is 2.56 bits per heavy atom. The fourth-order valence-electron chi connectivity index (χ4n) is 4.39. The molecule has 2 aromatic rings. The summed E-state index contributed by atoms with van der Waals surface area (Å²) in [7, 11) is 0. The van der Waals surface area contributed by atoms with Gasteiger partial charge >= 0.3 is 0 Å². The van der Waals surface area contributed by atoms with Gasteiger partial charge in [-0.2, -0.15) is 0 Å². The molecule has 142 valence electrons. The smallest absolute Gasteiger partial charge is 0.223 e. The van der Waals surface area contributed by atoms with Crippen molar-refractivity contribution in [3.05, 3.63) is 69.7 Å². The van der Waals surface area contributed by atoms with E-state index in [2.05, 4.69) is 74.7 Å². The van der Waals surface area contributed by atoms with Gasteiger partial charge in [-0.05, 0) is 74.0 Å². The number of hydrogen-bond acceptors (Lipinski definition) is 2. The van der Waals surface area contributed by atoms with E-state index < -0.39 is 0 Å². The average molecular weight is 427 g/mol. The van der Waals surface area contributed by atoms with E-state index in [-0.39, 0.29) is 17.9 Å². The van der Waals surface area contributed by atoms with Crippen LogP contribution in [-0.4, -0.2) is 23.9 Å². The highest BCUT2D eigenvalue weighted by Crippen LogP contribution is 2.30. The zero-order chi connectivity index (χ0) is 18.6. The van der Waals surface area contributed by atoms with E-state index in [4.69, 9.17) is 0 Å². The van der Waals surface area contributed by atoms with Crippen LogP contribution in [0.25, 0.3) is 0 Å². The van der Waals surface area contributed by atoms with Gasteiger partial charge in [0.2, 0.25) is 5.91 Å². The molecule has 1 aliphatic heterocycles. The average Bonchev–Trinajstić information content (AvgIpc) is 2.70. The van der Waals surface area contributed by atoms with Crippen molar-refractivity contribution in [3.63, 3.8) is 0 Å². The van der Waals surface area contributed by atoms with E-state index in [0.717, 1.165) is 56.2 Å². The van der Waals surface area contributed by atoms with Crippen LogP contribution in [0.5, 0.6) is 0 Å². The van der Waals surface area contributed by atoms with E-state index in [1.54, 1.807) is 0 Å². The lowest BCUT2D eigenvalue weighted by Crippen LogP contribution is -2.41. The Labute approximate surface area is 170 Å². The van der Waals surface area contributed by atoms with Gasteiger partial charge in [0.25, 0.3) is 0 Å². The maximum absolute atomic E-state index is 12.8. The Kier molecular flexibility index (Phi) is 5.94. The SMILES string of the molecule is O=C(N[C@H]1CCCc2ccccc21)C1CCN(Cc2ccc(Br)cc2)CC1. The summed E-state index contributed by atoms with van der Waals surface area (Å²) in [5.74, 6) is 0.403. The maximum atomic E-state index is 12.8. The number of likely N-dealkylation sites (tertiary alicyclic amines) is 1. The molecule has 1 heterocycles. The van der Waals surface area contributed by atoms with E-state index in [1.807, 2.05) is 0 Å². The lowest BCUT2D eigenvalue weighted by molar-refractivity contribution is -0.127. The number of carbonyl (C=O) groups excluding carboxylic acids is 1. The second-order valence-electron chi connectivity index (χ2n) is 7.83. The first-order valence-corrected chi connectivity index (χ1v) is 10.8. The van der Waals surface area contributed by atoms with Crippen LogP contribution in [-0.2, 0) is 17.8 Å². The molecule has 1 aliphatic carbocycles. The molecule has 0 aromatic heterocycles. The number of nitrogens with zero attached hydrogens (tertiary/aromatic N) is 1. The molecule has 0 unspecified atom stereocenters. The summed E-state index contributed by atoms with van der Waals surface area (Å²) in [4.78, 5) is 15.3. The third-order valence-electron chi connectivity index (χ3n) is 5.96. The lowest BCUT2D eigenvalue weighted by Gasteiger charge is -2.33. The van der Waals surface area contributed by atoms with Gasteiger partial charge in [-0.1, -0.05) is 52.3 Å². The molecular weight excluding hydrogens is 400 g/mol. The minimum absolute atomic E-state index is 0.153. The summed E-state index contributed by atoms with van der Waals surface area (Å²) in [5, 5.41) is 3.35. The molecule has 1 amide bonds. The molecule has 1 fully saturated rings. The normalized spacial score (nSPS) is 20.9. The van der Waals surface area contributed by atoms with Crippen molar-refractivity contribution in [2.45, 2.75) is 44.7 Å². The lowest BCUT2D eigenvalue weighted by atomic mass is 9.87.